The van der Waals surface area contributed by atoms with E-state index < -0.39 is 18.1 Å². The van der Waals surface area contributed by atoms with Gasteiger partial charge >= 0.3 is 5.97 Å². The van der Waals surface area contributed by atoms with Crippen LogP contribution in [0.3, 0.4) is 0 Å². The highest BCUT2D eigenvalue weighted by Gasteiger charge is 2.17. The zero-order valence-electron chi connectivity index (χ0n) is 8.00. The first-order chi connectivity index (χ1) is 6.91. The number of rotatable bonds is 3. The van der Waals surface area contributed by atoms with Crippen LogP contribution in [0.1, 0.15) is 23.4 Å². The fraction of sp³-hybridized carbons (Fsp3) is 0.333. The SMILES string of the molecule is Cc1cc(CC(=O)O)c(N)c(C(F)F)n1. The van der Waals surface area contributed by atoms with Crippen molar-refractivity contribution in [3.05, 3.63) is 23.0 Å². The number of halogens is 2. The van der Waals surface area contributed by atoms with E-state index in [2.05, 4.69) is 4.98 Å². The summed E-state index contributed by atoms with van der Waals surface area (Å²) in [6.07, 6.45) is -3.17. The molecule has 0 aromatic carbocycles. The van der Waals surface area contributed by atoms with Crippen LogP contribution in [-0.2, 0) is 11.2 Å². The van der Waals surface area contributed by atoms with Crippen molar-refractivity contribution in [1.82, 2.24) is 4.98 Å². The van der Waals surface area contributed by atoms with E-state index in [9.17, 15) is 13.6 Å². The fourth-order valence-electron chi connectivity index (χ4n) is 1.25. The molecule has 0 saturated heterocycles. The number of anilines is 1. The lowest BCUT2D eigenvalue weighted by molar-refractivity contribution is -0.136. The molecule has 6 heteroatoms. The van der Waals surface area contributed by atoms with Gasteiger partial charge in [-0.15, -0.1) is 0 Å². The number of carboxylic acid groups (broad SMARTS) is 1. The molecule has 1 rings (SSSR count). The van der Waals surface area contributed by atoms with Crippen LogP contribution in [0.15, 0.2) is 6.07 Å². The second kappa shape index (κ2) is 4.20. The third-order valence-electron chi connectivity index (χ3n) is 1.85. The minimum atomic E-state index is -2.79. The molecule has 0 fully saturated rings. The van der Waals surface area contributed by atoms with Gasteiger partial charge in [0, 0.05) is 5.69 Å². The number of nitrogen functional groups attached to an aromatic ring is 1. The standard InChI is InChI=1S/C9H10F2N2O2/c1-4-2-5(3-6(14)15)7(12)8(13-4)9(10)11/h2,9H,3,12H2,1H3,(H,14,15). The zero-order chi connectivity index (χ0) is 11.6. The Morgan fingerprint density at radius 1 is 1.67 bits per heavy atom. The number of pyridine rings is 1. The number of aromatic nitrogens is 1. The van der Waals surface area contributed by atoms with Crippen molar-refractivity contribution in [2.75, 3.05) is 5.73 Å². The van der Waals surface area contributed by atoms with Gasteiger partial charge in [-0.25, -0.2) is 13.8 Å². The van der Waals surface area contributed by atoms with Gasteiger partial charge in [0.2, 0.25) is 0 Å². The summed E-state index contributed by atoms with van der Waals surface area (Å²) in [6, 6.07) is 1.40. The Balaban J connectivity index is 3.21. The fourth-order valence-corrected chi connectivity index (χ4v) is 1.25. The Morgan fingerprint density at radius 2 is 2.27 bits per heavy atom. The third-order valence-corrected chi connectivity index (χ3v) is 1.85. The molecule has 0 atom stereocenters. The Bertz CT molecular complexity index is 394. The molecule has 1 aromatic heterocycles. The zero-order valence-corrected chi connectivity index (χ0v) is 8.00. The first kappa shape index (κ1) is 11.4. The Hall–Kier alpha value is -1.72. The maximum atomic E-state index is 12.4. The molecule has 0 spiro atoms. The molecule has 0 unspecified atom stereocenters. The Morgan fingerprint density at radius 3 is 2.73 bits per heavy atom. The van der Waals surface area contributed by atoms with Gasteiger partial charge in [-0.3, -0.25) is 4.79 Å². The molecule has 0 radical (unpaired) electrons. The highest BCUT2D eigenvalue weighted by atomic mass is 19.3. The molecule has 0 amide bonds. The minimum absolute atomic E-state index is 0.172. The summed E-state index contributed by atoms with van der Waals surface area (Å²) in [7, 11) is 0. The summed E-state index contributed by atoms with van der Waals surface area (Å²) in [4.78, 5) is 14.0. The highest BCUT2D eigenvalue weighted by Crippen LogP contribution is 2.26. The van der Waals surface area contributed by atoms with Crippen LogP contribution in [0.4, 0.5) is 14.5 Å². The van der Waals surface area contributed by atoms with Gasteiger partial charge in [0.25, 0.3) is 6.43 Å². The number of hydrogen-bond donors (Lipinski definition) is 2. The number of nitrogens with zero attached hydrogens (tertiary/aromatic N) is 1. The summed E-state index contributed by atoms with van der Waals surface area (Å²) in [5, 5.41) is 8.55. The van der Waals surface area contributed by atoms with Crippen LogP contribution in [0, 0.1) is 6.92 Å². The van der Waals surface area contributed by atoms with Crippen LogP contribution < -0.4 is 5.73 Å². The molecular formula is C9H10F2N2O2. The lowest BCUT2D eigenvalue weighted by Gasteiger charge is -2.09. The number of carbonyl (C=O) groups is 1. The molecule has 4 nitrogen and oxygen atoms in total. The largest absolute Gasteiger partial charge is 0.481 e. The molecule has 15 heavy (non-hydrogen) atoms. The second-order valence-corrected chi connectivity index (χ2v) is 3.09. The van der Waals surface area contributed by atoms with Crippen LogP contribution in [0.25, 0.3) is 0 Å². The summed E-state index contributed by atoms with van der Waals surface area (Å²) < 4.78 is 24.9. The topological polar surface area (TPSA) is 76.2 Å². The molecule has 0 saturated carbocycles. The van der Waals surface area contributed by atoms with Crippen molar-refractivity contribution in [3.63, 3.8) is 0 Å². The number of hydrogen-bond acceptors (Lipinski definition) is 3. The lowest BCUT2D eigenvalue weighted by atomic mass is 10.1. The van der Waals surface area contributed by atoms with Crippen LogP contribution in [-0.4, -0.2) is 16.1 Å². The molecule has 0 aliphatic carbocycles. The van der Waals surface area contributed by atoms with E-state index in [4.69, 9.17) is 10.8 Å². The number of aliphatic carboxylic acids is 1. The van der Waals surface area contributed by atoms with Crippen molar-refractivity contribution < 1.29 is 18.7 Å². The van der Waals surface area contributed by atoms with E-state index in [1.165, 1.54) is 13.0 Å². The number of carboxylic acids is 1. The molecule has 3 N–H and O–H groups in total. The molecule has 1 aromatic rings. The smallest absolute Gasteiger partial charge is 0.307 e. The van der Waals surface area contributed by atoms with E-state index in [1.54, 1.807) is 0 Å². The maximum absolute atomic E-state index is 12.4. The molecule has 0 bridgehead atoms. The summed E-state index contributed by atoms with van der Waals surface area (Å²) in [5.74, 6) is -1.12. The van der Waals surface area contributed by atoms with E-state index in [1.807, 2.05) is 0 Å². The van der Waals surface area contributed by atoms with E-state index in [-0.39, 0.29) is 17.7 Å². The van der Waals surface area contributed by atoms with Crippen molar-refractivity contribution >= 4 is 11.7 Å². The average Bonchev–Trinajstić information content (AvgIpc) is 2.09. The van der Waals surface area contributed by atoms with E-state index >= 15 is 0 Å². The maximum Gasteiger partial charge on any atom is 0.307 e. The van der Waals surface area contributed by atoms with Crippen LogP contribution in [0.2, 0.25) is 0 Å². The Labute approximate surface area is 84.7 Å². The van der Waals surface area contributed by atoms with Crippen molar-refractivity contribution in [2.45, 2.75) is 19.8 Å². The van der Waals surface area contributed by atoms with Crippen molar-refractivity contribution in [1.29, 1.82) is 0 Å². The first-order valence-corrected chi connectivity index (χ1v) is 4.17. The molecule has 0 aliphatic rings. The minimum Gasteiger partial charge on any atom is -0.481 e. The quantitative estimate of drug-likeness (QED) is 0.803. The Kier molecular flexibility index (Phi) is 3.18. The van der Waals surface area contributed by atoms with Gasteiger partial charge in [0.05, 0.1) is 12.1 Å². The van der Waals surface area contributed by atoms with E-state index in [0.29, 0.717) is 5.69 Å². The number of aryl methyl sites for hydroxylation is 1. The van der Waals surface area contributed by atoms with Crippen molar-refractivity contribution in [3.8, 4) is 0 Å². The highest BCUT2D eigenvalue weighted by molar-refractivity contribution is 5.73. The van der Waals surface area contributed by atoms with Gasteiger partial charge < -0.3 is 10.8 Å². The summed E-state index contributed by atoms with van der Waals surface area (Å²) >= 11 is 0. The van der Waals surface area contributed by atoms with Gasteiger partial charge in [0.1, 0.15) is 5.69 Å². The van der Waals surface area contributed by atoms with Crippen LogP contribution in [0.5, 0.6) is 0 Å². The van der Waals surface area contributed by atoms with Crippen molar-refractivity contribution in [2.24, 2.45) is 0 Å². The number of alkyl halides is 2. The normalized spacial score (nSPS) is 10.7. The second-order valence-electron chi connectivity index (χ2n) is 3.09. The average molecular weight is 216 g/mol. The predicted octanol–water partition coefficient (Wildman–Crippen LogP) is 1.54. The summed E-state index contributed by atoms with van der Waals surface area (Å²) in [6.45, 7) is 1.51. The molecule has 1 heterocycles. The molecular weight excluding hydrogens is 206 g/mol. The molecule has 82 valence electrons. The van der Waals surface area contributed by atoms with Gasteiger partial charge in [-0.2, -0.15) is 0 Å². The van der Waals surface area contributed by atoms with Gasteiger partial charge in [-0.05, 0) is 18.6 Å². The predicted molar refractivity (Wildman–Crippen MR) is 49.7 cm³/mol. The number of nitrogens with two attached hydrogens (primary N) is 1. The van der Waals surface area contributed by atoms with Gasteiger partial charge in [-0.1, -0.05) is 0 Å². The van der Waals surface area contributed by atoms with Crippen LogP contribution >= 0.6 is 0 Å². The van der Waals surface area contributed by atoms with Gasteiger partial charge in [0.15, 0.2) is 0 Å². The third kappa shape index (κ3) is 2.61. The lowest BCUT2D eigenvalue weighted by Crippen LogP contribution is -2.09. The summed E-state index contributed by atoms with van der Waals surface area (Å²) in [5.41, 5.74) is 5.11. The van der Waals surface area contributed by atoms with E-state index in [0.717, 1.165) is 0 Å². The monoisotopic (exact) mass is 216 g/mol. The first-order valence-electron chi connectivity index (χ1n) is 4.17. The molecule has 0 aliphatic heterocycles.